The van der Waals surface area contributed by atoms with Crippen LogP contribution in [0.2, 0.25) is 0 Å². The fourth-order valence-electron chi connectivity index (χ4n) is 6.17. The number of aromatic nitrogens is 4. The normalized spacial score (nSPS) is 12.2. The van der Waals surface area contributed by atoms with E-state index in [1.54, 1.807) is 6.20 Å². The maximum absolute atomic E-state index is 5.19. The van der Waals surface area contributed by atoms with Crippen LogP contribution in [0, 0.1) is 0 Å². The molecule has 4 aromatic heterocycles. The van der Waals surface area contributed by atoms with Crippen LogP contribution in [-0.4, -0.2) is 26.7 Å². The van der Waals surface area contributed by atoms with Gasteiger partial charge in [-0.3, -0.25) is 9.98 Å². The van der Waals surface area contributed by atoms with Crippen LogP contribution in [-0.2, 0) is 0 Å². The Morgan fingerprint density at radius 3 is 1.91 bits per heavy atom. The van der Waals surface area contributed by atoms with Gasteiger partial charge in [0.1, 0.15) is 0 Å². The largest absolute Gasteiger partial charge is 0.272 e. The number of hydrogen-bond donors (Lipinski definition) is 0. The molecule has 0 aliphatic rings. The van der Waals surface area contributed by atoms with Crippen LogP contribution in [0.25, 0.3) is 82.6 Å². The van der Waals surface area contributed by atoms with E-state index in [1.165, 1.54) is 0 Å². The minimum atomic E-state index is 0.861. The number of pyridine rings is 4. The van der Waals surface area contributed by atoms with Crippen molar-refractivity contribution in [3.05, 3.63) is 139 Å². The molecule has 5 heteroatoms. The maximum atomic E-state index is 5.19. The van der Waals surface area contributed by atoms with E-state index in [2.05, 4.69) is 108 Å². The molecular formula is C40H27N5. The predicted octanol–water partition coefficient (Wildman–Crippen LogP) is 9.98. The van der Waals surface area contributed by atoms with Crippen molar-refractivity contribution in [3.63, 3.8) is 0 Å². The van der Waals surface area contributed by atoms with Gasteiger partial charge < -0.3 is 0 Å². The first-order valence-electron chi connectivity index (χ1n) is 14.9. The Labute approximate surface area is 260 Å². The molecule has 0 bridgehead atoms. The lowest BCUT2D eigenvalue weighted by Gasteiger charge is -2.14. The van der Waals surface area contributed by atoms with Gasteiger partial charge in [0.2, 0.25) is 0 Å². The zero-order valence-electron chi connectivity index (χ0n) is 24.6. The summed E-state index contributed by atoms with van der Waals surface area (Å²) in [6.45, 7) is 5.73. The molecule has 0 aliphatic heterocycles. The lowest BCUT2D eigenvalue weighted by molar-refractivity contribution is 1.36. The van der Waals surface area contributed by atoms with E-state index >= 15 is 0 Å². The highest BCUT2D eigenvalue weighted by Gasteiger charge is 2.15. The van der Waals surface area contributed by atoms with Crippen molar-refractivity contribution >= 4 is 66.8 Å². The molecule has 0 saturated carbocycles. The summed E-state index contributed by atoms with van der Waals surface area (Å²) in [6.07, 6.45) is 7.71. The average molecular weight is 578 g/mol. The predicted molar refractivity (Wildman–Crippen MR) is 188 cm³/mol. The lowest BCUT2D eigenvalue weighted by Crippen LogP contribution is -1.95. The quantitative estimate of drug-likeness (QED) is 0.0884. The third kappa shape index (κ3) is 4.53. The van der Waals surface area contributed by atoms with Crippen LogP contribution < -0.4 is 0 Å². The zero-order valence-corrected chi connectivity index (χ0v) is 24.6. The summed E-state index contributed by atoms with van der Waals surface area (Å²) < 4.78 is 0. The first kappa shape index (κ1) is 26.5. The molecule has 0 N–H and O–H groups in total. The molecule has 0 aliphatic carbocycles. The highest BCUT2D eigenvalue weighted by molar-refractivity contribution is 6.14. The number of fused-ring (bicyclic) bond motifs is 7. The number of aliphatic imine (C=N–C) groups is 1. The Bertz CT molecular complexity index is 2510. The lowest BCUT2D eigenvalue weighted by atomic mass is 9.95. The van der Waals surface area contributed by atoms with Gasteiger partial charge in [0.25, 0.3) is 0 Å². The highest BCUT2D eigenvalue weighted by atomic mass is 14.8. The number of benzene rings is 4. The summed E-state index contributed by atoms with van der Waals surface area (Å²) in [5.41, 5.74) is 10.4. The molecule has 8 aromatic rings. The van der Waals surface area contributed by atoms with Crippen molar-refractivity contribution in [3.8, 4) is 22.5 Å². The van der Waals surface area contributed by atoms with Crippen molar-refractivity contribution in [2.75, 3.05) is 0 Å². The van der Waals surface area contributed by atoms with Crippen LogP contribution in [0.3, 0.4) is 0 Å². The average Bonchev–Trinajstić information content (AvgIpc) is 3.10. The van der Waals surface area contributed by atoms with Crippen LogP contribution in [0.5, 0.6) is 0 Å². The first-order chi connectivity index (χ1) is 22.2. The highest BCUT2D eigenvalue weighted by Crippen LogP contribution is 2.36. The smallest absolute Gasteiger partial charge is 0.0978 e. The molecule has 0 unspecified atom stereocenters. The number of nitrogens with zero attached hydrogens (tertiary/aromatic N) is 5. The van der Waals surface area contributed by atoms with E-state index in [-0.39, 0.29) is 0 Å². The van der Waals surface area contributed by atoms with Crippen LogP contribution in [0.4, 0.5) is 0 Å². The summed E-state index contributed by atoms with van der Waals surface area (Å²) in [6, 6.07) is 37.5. The van der Waals surface area contributed by atoms with E-state index < -0.39 is 0 Å². The Morgan fingerprint density at radius 2 is 1.22 bits per heavy atom. The van der Waals surface area contributed by atoms with E-state index in [0.29, 0.717) is 0 Å². The second-order valence-corrected chi connectivity index (χ2v) is 11.0. The van der Waals surface area contributed by atoms with E-state index in [1.807, 2.05) is 43.5 Å². The van der Waals surface area contributed by atoms with Crippen molar-refractivity contribution < 1.29 is 0 Å². The Kier molecular flexibility index (Phi) is 6.42. The molecule has 0 saturated heterocycles. The van der Waals surface area contributed by atoms with Crippen LogP contribution in [0.1, 0.15) is 12.5 Å². The van der Waals surface area contributed by atoms with Gasteiger partial charge in [0.05, 0.1) is 39.0 Å². The molecular weight excluding hydrogens is 550 g/mol. The minimum absolute atomic E-state index is 0.861. The van der Waals surface area contributed by atoms with Gasteiger partial charge >= 0.3 is 0 Å². The van der Waals surface area contributed by atoms with Crippen molar-refractivity contribution in [2.24, 2.45) is 4.99 Å². The maximum Gasteiger partial charge on any atom is 0.0978 e. The third-order valence-electron chi connectivity index (χ3n) is 8.28. The molecule has 45 heavy (non-hydrogen) atoms. The molecule has 4 aromatic carbocycles. The monoisotopic (exact) mass is 577 g/mol. The Hall–Kier alpha value is -6.07. The molecule has 0 radical (unpaired) electrons. The summed E-state index contributed by atoms with van der Waals surface area (Å²) in [7, 11) is 0. The molecule has 4 heterocycles. The van der Waals surface area contributed by atoms with Gasteiger partial charge in [-0.2, -0.15) is 0 Å². The molecule has 212 valence electrons. The van der Waals surface area contributed by atoms with E-state index in [9.17, 15) is 0 Å². The van der Waals surface area contributed by atoms with Crippen molar-refractivity contribution in [2.45, 2.75) is 6.92 Å². The number of hydrogen-bond acceptors (Lipinski definition) is 5. The van der Waals surface area contributed by atoms with Gasteiger partial charge in [0.15, 0.2) is 0 Å². The Balaban J connectivity index is 1.25. The van der Waals surface area contributed by atoms with Gasteiger partial charge in [-0.25, -0.2) is 15.0 Å². The standard InChI is InChI=1S/C40H27N5/c1-3-7-30(24-41-2)36-31-9-4-5-10-35(31)45-40-32(36)20-17-29-19-22-34(44-39(29)40)26-13-11-25(12-14-26)33-21-18-28-16-15-27-8-6-23-42-37(27)38(28)43-33/h3-24H,2H2,1H3/b7-3-,30-24+. The summed E-state index contributed by atoms with van der Waals surface area (Å²) in [5.74, 6) is 0. The van der Waals surface area contributed by atoms with Gasteiger partial charge in [0, 0.05) is 61.6 Å². The summed E-state index contributed by atoms with van der Waals surface area (Å²) in [5, 5.41) is 5.29. The van der Waals surface area contributed by atoms with Crippen LogP contribution >= 0.6 is 0 Å². The molecule has 0 spiro atoms. The van der Waals surface area contributed by atoms with Crippen molar-refractivity contribution in [1.29, 1.82) is 0 Å². The first-order valence-corrected chi connectivity index (χ1v) is 14.9. The molecule has 0 fully saturated rings. The SMILES string of the molecule is C=N/C=C(\C=C/C)c1c2ccccc2nc2c1ccc1ccc(-c3ccc(-c4ccc5ccc6cccnc6c5n4)cc3)nc12. The van der Waals surface area contributed by atoms with Crippen molar-refractivity contribution in [1.82, 2.24) is 19.9 Å². The molecule has 0 atom stereocenters. The number of rotatable bonds is 5. The van der Waals surface area contributed by atoms with E-state index in [0.717, 1.165) is 88.2 Å². The fourth-order valence-corrected chi connectivity index (χ4v) is 6.17. The molecule has 8 rings (SSSR count). The second-order valence-electron chi connectivity index (χ2n) is 11.0. The fraction of sp³-hybridized carbons (Fsp3) is 0.0250. The van der Waals surface area contributed by atoms with Gasteiger partial charge in [-0.1, -0.05) is 97.1 Å². The second kappa shape index (κ2) is 10.9. The third-order valence-corrected chi connectivity index (χ3v) is 8.28. The van der Waals surface area contributed by atoms with Gasteiger partial charge in [-0.15, -0.1) is 0 Å². The zero-order chi connectivity index (χ0) is 30.3. The molecule has 0 amide bonds. The number of para-hydroxylation sites is 1. The molecule has 5 nitrogen and oxygen atoms in total. The van der Waals surface area contributed by atoms with E-state index in [4.69, 9.17) is 15.0 Å². The minimum Gasteiger partial charge on any atom is -0.272 e. The van der Waals surface area contributed by atoms with Crippen LogP contribution in [0.15, 0.2) is 139 Å². The topological polar surface area (TPSA) is 63.9 Å². The Morgan fingerprint density at radius 1 is 0.600 bits per heavy atom. The summed E-state index contributed by atoms with van der Waals surface area (Å²) in [4.78, 5) is 24.1. The summed E-state index contributed by atoms with van der Waals surface area (Å²) >= 11 is 0. The number of allylic oxidation sites excluding steroid dienone is 3. The van der Waals surface area contributed by atoms with Gasteiger partial charge in [-0.05, 0) is 37.9 Å².